The molecule has 0 aromatic heterocycles. The molecule has 0 aliphatic carbocycles. The van der Waals surface area contributed by atoms with Gasteiger partial charge in [0.15, 0.2) is 0 Å². The van der Waals surface area contributed by atoms with Crippen molar-refractivity contribution < 1.29 is 14.7 Å². The number of carboxylic acid groups (broad SMARTS) is 1. The molecule has 1 N–H and O–H groups in total. The molecule has 1 aromatic carbocycles. The Morgan fingerprint density at radius 2 is 1.73 bits per heavy atom. The number of rotatable bonds is 2. The molecule has 0 radical (unpaired) electrons. The van der Waals surface area contributed by atoms with Gasteiger partial charge >= 0.3 is 5.97 Å². The van der Waals surface area contributed by atoms with E-state index in [1.165, 1.54) is 5.56 Å². The molecule has 1 aliphatic heterocycles. The Labute approximate surface area is 131 Å². The molecule has 120 valence electrons. The molecule has 5 heteroatoms. The molecule has 1 amide bonds. The molecule has 0 spiro atoms. The van der Waals surface area contributed by atoms with Gasteiger partial charge in [-0.2, -0.15) is 0 Å². The predicted molar refractivity (Wildman–Crippen MR) is 85.1 cm³/mol. The lowest BCUT2D eigenvalue weighted by molar-refractivity contribution is -0.144. The summed E-state index contributed by atoms with van der Waals surface area (Å²) >= 11 is 0. The molecule has 0 unspecified atom stereocenters. The van der Waals surface area contributed by atoms with Crippen LogP contribution in [0.4, 0.5) is 0 Å². The van der Waals surface area contributed by atoms with Crippen molar-refractivity contribution in [1.82, 2.24) is 9.80 Å². The average Bonchev–Trinajstić information content (AvgIpc) is 2.46. The number of carbonyl (C=O) groups excluding carboxylic acids is 1. The van der Waals surface area contributed by atoms with Crippen molar-refractivity contribution in [2.24, 2.45) is 0 Å². The van der Waals surface area contributed by atoms with Crippen LogP contribution in [-0.2, 0) is 10.2 Å². The van der Waals surface area contributed by atoms with Gasteiger partial charge < -0.3 is 10.0 Å². The number of benzene rings is 1. The summed E-state index contributed by atoms with van der Waals surface area (Å²) in [5.74, 6) is -0.983. The van der Waals surface area contributed by atoms with Crippen molar-refractivity contribution in [2.45, 2.75) is 32.2 Å². The first-order chi connectivity index (χ1) is 10.2. The number of nitrogens with zero attached hydrogens (tertiary/aromatic N) is 2. The quantitative estimate of drug-likeness (QED) is 0.905. The lowest BCUT2D eigenvalue weighted by Gasteiger charge is -2.37. The van der Waals surface area contributed by atoms with Crippen LogP contribution in [0.1, 0.15) is 36.7 Å². The van der Waals surface area contributed by atoms with Gasteiger partial charge in [0.25, 0.3) is 5.91 Å². The maximum atomic E-state index is 12.6. The number of carboxylic acids is 1. The van der Waals surface area contributed by atoms with Crippen molar-refractivity contribution in [3.63, 3.8) is 0 Å². The van der Waals surface area contributed by atoms with Crippen LogP contribution < -0.4 is 0 Å². The highest BCUT2D eigenvalue weighted by atomic mass is 16.4. The van der Waals surface area contributed by atoms with Gasteiger partial charge in [-0.05, 0) is 30.2 Å². The largest absolute Gasteiger partial charge is 0.480 e. The summed E-state index contributed by atoms with van der Waals surface area (Å²) in [6.07, 6.45) is 0. The van der Waals surface area contributed by atoms with Gasteiger partial charge in [0.1, 0.15) is 6.04 Å². The topological polar surface area (TPSA) is 60.9 Å². The Morgan fingerprint density at radius 3 is 2.23 bits per heavy atom. The van der Waals surface area contributed by atoms with Crippen LogP contribution in [0, 0.1) is 0 Å². The summed E-state index contributed by atoms with van der Waals surface area (Å²) in [5, 5.41) is 9.23. The van der Waals surface area contributed by atoms with Crippen LogP contribution in [0.2, 0.25) is 0 Å². The number of aliphatic carboxylic acids is 1. The molecule has 1 aromatic rings. The van der Waals surface area contributed by atoms with E-state index in [-0.39, 0.29) is 17.9 Å². The van der Waals surface area contributed by atoms with Gasteiger partial charge in [0.2, 0.25) is 0 Å². The summed E-state index contributed by atoms with van der Waals surface area (Å²) < 4.78 is 0. The molecular formula is C17H24N2O3. The van der Waals surface area contributed by atoms with Crippen molar-refractivity contribution in [1.29, 1.82) is 0 Å². The Hall–Kier alpha value is -1.88. The Bertz CT molecular complexity index is 560. The number of hydrogen-bond acceptors (Lipinski definition) is 3. The molecule has 5 nitrogen and oxygen atoms in total. The number of carbonyl (C=O) groups is 2. The molecule has 1 saturated heterocycles. The maximum absolute atomic E-state index is 12.6. The van der Waals surface area contributed by atoms with E-state index in [0.29, 0.717) is 18.7 Å². The molecule has 2 rings (SSSR count). The molecule has 1 fully saturated rings. The first-order valence-corrected chi connectivity index (χ1v) is 7.53. The van der Waals surface area contributed by atoms with Gasteiger partial charge in [-0.25, -0.2) is 0 Å². The molecule has 1 atom stereocenters. The summed E-state index contributed by atoms with van der Waals surface area (Å²) in [5.41, 5.74) is 1.83. The lowest BCUT2D eigenvalue weighted by atomic mass is 9.86. The number of likely N-dealkylation sites (N-methyl/N-ethyl adjacent to an activating group) is 1. The highest BCUT2D eigenvalue weighted by Gasteiger charge is 2.32. The fraction of sp³-hybridized carbons (Fsp3) is 0.529. The molecule has 1 heterocycles. The van der Waals surface area contributed by atoms with Crippen LogP contribution in [0.3, 0.4) is 0 Å². The third-order valence-corrected chi connectivity index (χ3v) is 4.22. The van der Waals surface area contributed by atoms with Gasteiger partial charge in [-0.3, -0.25) is 14.5 Å². The van der Waals surface area contributed by atoms with Gasteiger partial charge in [0.05, 0.1) is 0 Å². The first kappa shape index (κ1) is 16.5. The van der Waals surface area contributed by atoms with Crippen LogP contribution in [-0.4, -0.2) is 59.5 Å². The van der Waals surface area contributed by atoms with Crippen molar-refractivity contribution in [2.75, 3.05) is 26.7 Å². The van der Waals surface area contributed by atoms with Crippen molar-refractivity contribution in [3.8, 4) is 0 Å². The van der Waals surface area contributed by atoms with E-state index < -0.39 is 12.0 Å². The molecular weight excluding hydrogens is 280 g/mol. The lowest BCUT2D eigenvalue weighted by Crippen LogP contribution is -2.56. The first-order valence-electron chi connectivity index (χ1n) is 7.53. The zero-order chi connectivity index (χ0) is 16.5. The van der Waals surface area contributed by atoms with Gasteiger partial charge in [0, 0.05) is 25.2 Å². The summed E-state index contributed by atoms with van der Waals surface area (Å²) in [7, 11) is 1.78. The molecule has 1 aliphatic rings. The predicted octanol–water partition coefficient (Wildman–Crippen LogP) is 1.82. The van der Waals surface area contributed by atoms with Crippen LogP contribution in [0.25, 0.3) is 0 Å². The zero-order valence-corrected chi connectivity index (χ0v) is 13.7. The minimum atomic E-state index is -0.886. The van der Waals surface area contributed by atoms with Crippen LogP contribution in [0.15, 0.2) is 24.3 Å². The van der Waals surface area contributed by atoms with E-state index in [1.807, 2.05) is 24.3 Å². The minimum Gasteiger partial charge on any atom is -0.480 e. The average molecular weight is 304 g/mol. The Morgan fingerprint density at radius 1 is 1.14 bits per heavy atom. The SMILES string of the molecule is CN1CCN(C(=O)c2ccc(C(C)(C)C)cc2)C[C@H]1C(=O)O. The zero-order valence-electron chi connectivity index (χ0n) is 13.7. The Balaban J connectivity index is 2.13. The van der Waals surface area contributed by atoms with E-state index in [9.17, 15) is 14.7 Å². The maximum Gasteiger partial charge on any atom is 0.322 e. The third kappa shape index (κ3) is 3.47. The summed E-state index contributed by atoms with van der Waals surface area (Å²) in [6.45, 7) is 7.74. The van der Waals surface area contributed by atoms with Crippen molar-refractivity contribution >= 4 is 11.9 Å². The van der Waals surface area contributed by atoms with Gasteiger partial charge in [-0.1, -0.05) is 32.9 Å². The molecule has 0 saturated carbocycles. The smallest absolute Gasteiger partial charge is 0.322 e. The Kier molecular flexibility index (Phi) is 4.56. The minimum absolute atomic E-state index is 0.0455. The second-order valence-corrected chi connectivity index (χ2v) is 6.91. The molecule has 0 bridgehead atoms. The van der Waals surface area contributed by atoms with E-state index in [2.05, 4.69) is 20.8 Å². The van der Waals surface area contributed by atoms with Crippen molar-refractivity contribution in [3.05, 3.63) is 35.4 Å². The normalized spacial score (nSPS) is 20.0. The fourth-order valence-electron chi connectivity index (χ4n) is 2.62. The second kappa shape index (κ2) is 6.08. The van der Waals surface area contributed by atoms with E-state index in [0.717, 1.165) is 0 Å². The summed E-state index contributed by atoms with van der Waals surface area (Å²) in [6, 6.07) is 6.97. The van der Waals surface area contributed by atoms with Crippen LogP contribution >= 0.6 is 0 Å². The second-order valence-electron chi connectivity index (χ2n) is 6.91. The third-order valence-electron chi connectivity index (χ3n) is 4.22. The number of amides is 1. The number of hydrogen-bond donors (Lipinski definition) is 1. The fourth-order valence-corrected chi connectivity index (χ4v) is 2.62. The highest BCUT2D eigenvalue weighted by molar-refractivity contribution is 5.94. The highest BCUT2D eigenvalue weighted by Crippen LogP contribution is 2.23. The number of piperazine rings is 1. The van der Waals surface area contributed by atoms with E-state index in [1.54, 1.807) is 16.8 Å². The monoisotopic (exact) mass is 304 g/mol. The standard InChI is InChI=1S/C17H24N2O3/c1-17(2,3)13-7-5-12(6-8-13)15(20)19-10-9-18(4)14(11-19)16(21)22/h5-8,14H,9-11H2,1-4H3,(H,21,22)/t14-/m0/s1. The van der Waals surface area contributed by atoms with E-state index in [4.69, 9.17) is 0 Å². The van der Waals surface area contributed by atoms with E-state index >= 15 is 0 Å². The van der Waals surface area contributed by atoms with Gasteiger partial charge in [-0.15, -0.1) is 0 Å². The van der Waals surface area contributed by atoms with Crippen LogP contribution in [0.5, 0.6) is 0 Å². The summed E-state index contributed by atoms with van der Waals surface area (Å²) in [4.78, 5) is 27.2. The molecule has 22 heavy (non-hydrogen) atoms.